The summed E-state index contributed by atoms with van der Waals surface area (Å²) >= 11 is 0. The first-order valence-corrected chi connectivity index (χ1v) is 6.96. The molecule has 6 heteroatoms. The van der Waals surface area contributed by atoms with Crippen LogP contribution < -0.4 is 5.32 Å². The number of pyridine rings is 1. The molecule has 1 saturated carbocycles. The fourth-order valence-corrected chi connectivity index (χ4v) is 2.31. The molecule has 0 bridgehead atoms. The highest BCUT2D eigenvalue weighted by molar-refractivity contribution is 5.94. The molecule has 0 unspecified atom stereocenters. The number of anilines is 1. The Hall–Kier alpha value is -2.11. The maximum Gasteiger partial charge on any atom is 0.255 e. The molecule has 6 nitrogen and oxygen atoms in total. The van der Waals surface area contributed by atoms with Crippen molar-refractivity contribution in [2.24, 2.45) is 0 Å². The van der Waals surface area contributed by atoms with Crippen molar-refractivity contribution in [2.45, 2.75) is 18.9 Å². The highest BCUT2D eigenvalue weighted by Crippen LogP contribution is 2.24. The Bertz CT molecular complexity index is 508. The molecule has 0 radical (unpaired) electrons. The van der Waals surface area contributed by atoms with Crippen LogP contribution >= 0.6 is 0 Å². The molecule has 1 aliphatic carbocycles. The first kappa shape index (κ1) is 12.9. The summed E-state index contributed by atoms with van der Waals surface area (Å²) in [5, 5.41) is 3.34. The van der Waals surface area contributed by atoms with E-state index in [1.807, 2.05) is 6.07 Å². The number of hydrogen-bond donors (Lipinski definition) is 1. The lowest BCUT2D eigenvalue weighted by Crippen LogP contribution is -2.48. The number of nitrogens with zero attached hydrogens (tertiary/aromatic N) is 3. The fourth-order valence-electron chi connectivity index (χ4n) is 2.31. The molecule has 2 amide bonds. The summed E-state index contributed by atoms with van der Waals surface area (Å²) in [5.41, 5.74) is 1.51. The minimum absolute atomic E-state index is 0.0116. The summed E-state index contributed by atoms with van der Waals surface area (Å²) in [6.07, 6.45) is 6.56. The van der Waals surface area contributed by atoms with Gasteiger partial charge in [-0.2, -0.15) is 0 Å². The van der Waals surface area contributed by atoms with E-state index >= 15 is 0 Å². The van der Waals surface area contributed by atoms with E-state index in [-0.39, 0.29) is 5.91 Å². The van der Waals surface area contributed by atoms with Gasteiger partial charge < -0.3 is 15.1 Å². The molecule has 1 N–H and O–H groups in total. The molecule has 2 aliphatic rings. The molecule has 1 saturated heterocycles. The van der Waals surface area contributed by atoms with Crippen molar-refractivity contribution in [1.82, 2.24) is 14.8 Å². The Morgan fingerprint density at radius 1 is 1.25 bits per heavy atom. The van der Waals surface area contributed by atoms with Crippen molar-refractivity contribution in [1.29, 1.82) is 0 Å². The standard InChI is InChI=1S/C14H18N4O2/c19-10-17-3-5-18(6-4-17)14(20)11-7-13(9-15-8-11)16-12-1-2-12/h7-10,12,16H,1-6H2. The first-order chi connectivity index (χ1) is 9.76. The van der Waals surface area contributed by atoms with Crippen LogP contribution in [0, 0.1) is 0 Å². The first-order valence-electron chi connectivity index (χ1n) is 6.96. The number of amides is 2. The minimum atomic E-state index is -0.0116. The van der Waals surface area contributed by atoms with Gasteiger partial charge in [-0.3, -0.25) is 14.6 Å². The van der Waals surface area contributed by atoms with Crippen molar-refractivity contribution in [3.8, 4) is 0 Å². The summed E-state index contributed by atoms with van der Waals surface area (Å²) in [6.45, 7) is 2.36. The summed E-state index contributed by atoms with van der Waals surface area (Å²) < 4.78 is 0. The number of piperazine rings is 1. The van der Waals surface area contributed by atoms with Crippen LogP contribution in [0.25, 0.3) is 0 Å². The third kappa shape index (κ3) is 2.89. The molecule has 1 aromatic rings. The second-order valence-corrected chi connectivity index (χ2v) is 5.31. The Labute approximate surface area is 117 Å². The van der Waals surface area contributed by atoms with E-state index in [4.69, 9.17) is 0 Å². The predicted molar refractivity (Wildman–Crippen MR) is 74.4 cm³/mol. The van der Waals surface area contributed by atoms with Gasteiger partial charge in [0.2, 0.25) is 6.41 Å². The summed E-state index contributed by atoms with van der Waals surface area (Å²) in [6, 6.07) is 2.40. The summed E-state index contributed by atoms with van der Waals surface area (Å²) in [5.74, 6) is -0.0116. The zero-order valence-electron chi connectivity index (χ0n) is 11.3. The van der Waals surface area contributed by atoms with Crippen molar-refractivity contribution in [2.75, 3.05) is 31.5 Å². The third-order valence-corrected chi connectivity index (χ3v) is 3.68. The SMILES string of the molecule is O=CN1CCN(C(=O)c2cncc(NC3CC3)c2)CC1. The van der Waals surface area contributed by atoms with E-state index in [2.05, 4.69) is 10.3 Å². The van der Waals surface area contributed by atoms with E-state index in [9.17, 15) is 9.59 Å². The molecule has 106 valence electrons. The lowest BCUT2D eigenvalue weighted by atomic mass is 10.2. The lowest BCUT2D eigenvalue weighted by Gasteiger charge is -2.32. The topological polar surface area (TPSA) is 65.5 Å². The van der Waals surface area contributed by atoms with Crippen LogP contribution in [0.2, 0.25) is 0 Å². The van der Waals surface area contributed by atoms with Gasteiger partial charge in [-0.25, -0.2) is 0 Å². The van der Waals surface area contributed by atoms with Crippen LogP contribution in [0.3, 0.4) is 0 Å². The highest BCUT2D eigenvalue weighted by Gasteiger charge is 2.23. The maximum atomic E-state index is 12.4. The number of aromatic nitrogens is 1. The van der Waals surface area contributed by atoms with Crippen LogP contribution in [0.4, 0.5) is 5.69 Å². The zero-order valence-corrected chi connectivity index (χ0v) is 11.3. The van der Waals surface area contributed by atoms with Gasteiger partial charge in [0.25, 0.3) is 5.91 Å². The molecule has 0 aromatic carbocycles. The number of nitrogens with one attached hydrogen (secondary N) is 1. The smallest absolute Gasteiger partial charge is 0.255 e. The number of rotatable bonds is 4. The van der Waals surface area contributed by atoms with Crippen molar-refractivity contribution in [3.05, 3.63) is 24.0 Å². The van der Waals surface area contributed by atoms with E-state index in [1.54, 1.807) is 22.2 Å². The van der Waals surface area contributed by atoms with E-state index in [1.165, 1.54) is 12.8 Å². The average Bonchev–Trinajstić information content (AvgIpc) is 3.31. The maximum absolute atomic E-state index is 12.4. The monoisotopic (exact) mass is 274 g/mol. The van der Waals surface area contributed by atoms with Crippen LogP contribution in [0.15, 0.2) is 18.5 Å². The quantitative estimate of drug-likeness (QED) is 0.815. The van der Waals surface area contributed by atoms with Gasteiger partial charge in [-0.1, -0.05) is 0 Å². The highest BCUT2D eigenvalue weighted by atomic mass is 16.2. The third-order valence-electron chi connectivity index (χ3n) is 3.68. The van der Waals surface area contributed by atoms with Gasteiger partial charge in [0.05, 0.1) is 11.3 Å². The number of carbonyl (C=O) groups excluding carboxylic acids is 2. The molecule has 1 aliphatic heterocycles. The Morgan fingerprint density at radius 3 is 2.65 bits per heavy atom. The molecule has 0 spiro atoms. The largest absolute Gasteiger partial charge is 0.381 e. The van der Waals surface area contributed by atoms with Crippen LogP contribution in [0.1, 0.15) is 23.2 Å². The van der Waals surface area contributed by atoms with Gasteiger partial charge in [0, 0.05) is 44.6 Å². The predicted octanol–water partition coefficient (Wildman–Crippen LogP) is 0.570. The fraction of sp³-hybridized carbons (Fsp3) is 0.500. The molecular formula is C14H18N4O2. The van der Waals surface area contributed by atoms with Crippen LogP contribution in [0.5, 0.6) is 0 Å². The Morgan fingerprint density at radius 2 is 2.00 bits per heavy atom. The van der Waals surface area contributed by atoms with E-state index in [0.29, 0.717) is 37.8 Å². The van der Waals surface area contributed by atoms with Gasteiger partial charge in [-0.15, -0.1) is 0 Å². The Balaban J connectivity index is 1.65. The Kier molecular flexibility index (Phi) is 3.54. The van der Waals surface area contributed by atoms with E-state index in [0.717, 1.165) is 12.1 Å². The molecule has 1 aromatic heterocycles. The zero-order chi connectivity index (χ0) is 13.9. The normalized spacial score (nSPS) is 18.8. The number of carbonyl (C=O) groups is 2. The molecular weight excluding hydrogens is 256 g/mol. The lowest BCUT2D eigenvalue weighted by molar-refractivity contribution is -0.119. The van der Waals surface area contributed by atoms with Gasteiger partial charge in [0.1, 0.15) is 0 Å². The molecule has 20 heavy (non-hydrogen) atoms. The van der Waals surface area contributed by atoms with Gasteiger partial charge in [0.15, 0.2) is 0 Å². The average molecular weight is 274 g/mol. The van der Waals surface area contributed by atoms with Crippen molar-refractivity contribution < 1.29 is 9.59 Å². The van der Waals surface area contributed by atoms with Gasteiger partial charge >= 0.3 is 0 Å². The molecule has 2 heterocycles. The molecule has 3 rings (SSSR count). The molecule has 2 fully saturated rings. The summed E-state index contributed by atoms with van der Waals surface area (Å²) in [7, 11) is 0. The number of hydrogen-bond acceptors (Lipinski definition) is 4. The summed E-state index contributed by atoms with van der Waals surface area (Å²) in [4.78, 5) is 30.7. The van der Waals surface area contributed by atoms with Crippen LogP contribution in [-0.4, -0.2) is 59.3 Å². The second-order valence-electron chi connectivity index (χ2n) is 5.31. The van der Waals surface area contributed by atoms with Crippen molar-refractivity contribution >= 4 is 18.0 Å². The minimum Gasteiger partial charge on any atom is -0.381 e. The van der Waals surface area contributed by atoms with E-state index < -0.39 is 0 Å². The van der Waals surface area contributed by atoms with Crippen LogP contribution in [-0.2, 0) is 4.79 Å². The van der Waals surface area contributed by atoms with Gasteiger partial charge in [-0.05, 0) is 18.9 Å². The molecule has 0 atom stereocenters. The van der Waals surface area contributed by atoms with Crippen molar-refractivity contribution in [3.63, 3.8) is 0 Å². The second kappa shape index (κ2) is 5.48.